The summed E-state index contributed by atoms with van der Waals surface area (Å²) in [5.41, 5.74) is 5.71. The van der Waals surface area contributed by atoms with Crippen molar-refractivity contribution in [2.24, 2.45) is 11.7 Å². The molecule has 1 heterocycles. The van der Waals surface area contributed by atoms with E-state index in [1.54, 1.807) is 7.11 Å². The molecule has 5 nitrogen and oxygen atoms in total. The van der Waals surface area contributed by atoms with Gasteiger partial charge >= 0.3 is 0 Å². The Hall–Kier alpha value is -0.650. The van der Waals surface area contributed by atoms with Crippen molar-refractivity contribution in [2.75, 3.05) is 33.4 Å². The van der Waals surface area contributed by atoms with E-state index in [4.69, 9.17) is 10.5 Å². The standard InChI is InChI=1S/C13H27N3O2/c1-10-7-12(8-14)9-16(10)11(2)13(17)15-5-4-6-18-3/h10-12H,4-9,14H2,1-3H3,(H,15,17). The summed E-state index contributed by atoms with van der Waals surface area (Å²) in [6.45, 7) is 7.16. The molecule has 0 aromatic heterocycles. The molecule has 0 aliphatic carbocycles. The monoisotopic (exact) mass is 257 g/mol. The predicted octanol–water partition coefficient (Wildman–Crippen LogP) is 0.197. The van der Waals surface area contributed by atoms with Gasteiger partial charge in [-0.15, -0.1) is 0 Å². The van der Waals surface area contributed by atoms with E-state index in [1.165, 1.54) is 0 Å². The Bertz CT molecular complexity index is 261. The Morgan fingerprint density at radius 1 is 1.61 bits per heavy atom. The van der Waals surface area contributed by atoms with Crippen molar-refractivity contribution in [3.8, 4) is 0 Å². The minimum atomic E-state index is -0.0703. The number of rotatable bonds is 7. The van der Waals surface area contributed by atoms with Gasteiger partial charge in [0, 0.05) is 32.8 Å². The number of carbonyl (C=O) groups is 1. The maximum absolute atomic E-state index is 12.0. The normalized spacial score (nSPS) is 26.2. The summed E-state index contributed by atoms with van der Waals surface area (Å²) in [7, 11) is 1.67. The first-order valence-electron chi connectivity index (χ1n) is 6.82. The number of nitrogens with zero attached hydrogens (tertiary/aromatic N) is 1. The maximum Gasteiger partial charge on any atom is 0.237 e. The summed E-state index contributed by atoms with van der Waals surface area (Å²) in [5.74, 6) is 0.638. The molecule has 3 atom stereocenters. The third kappa shape index (κ3) is 4.23. The summed E-state index contributed by atoms with van der Waals surface area (Å²) in [6.07, 6.45) is 1.95. The van der Waals surface area contributed by atoms with Gasteiger partial charge in [0.2, 0.25) is 5.91 Å². The molecule has 1 saturated heterocycles. The van der Waals surface area contributed by atoms with Gasteiger partial charge in [-0.05, 0) is 39.2 Å². The highest BCUT2D eigenvalue weighted by Crippen LogP contribution is 2.24. The fourth-order valence-corrected chi connectivity index (χ4v) is 2.61. The van der Waals surface area contributed by atoms with Gasteiger partial charge in [-0.1, -0.05) is 0 Å². The van der Waals surface area contributed by atoms with Crippen molar-refractivity contribution < 1.29 is 9.53 Å². The molecular weight excluding hydrogens is 230 g/mol. The molecule has 0 aromatic carbocycles. The zero-order chi connectivity index (χ0) is 13.5. The van der Waals surface area contributed by atoms with Crippen LogP contribution in [0.2, 0.25) is 0 Å². The molecular formula is C13H27N3O2. The number of nitrogens with one attached hydrogen (secondary N) is 1. The number of ether oxygens (including phenoxy) is 1. The second-order valence-corrected chi connectivity index (χ2v) is 5.20. The minimum absolute atomic E-state index is 0.0703. The number of nitrogens with two attached hydrogens (primary N) is 1. The van der Waals surface area contributed by atoms with Crippen LogP contribution in [-0.2, 0) is 9.53 Å². The van der Waals surface area contributed by atoms with Crippen molar-refractivity contribution in [1.29, 1.82) is 0 Å². The summed E-state index contributed by atoms with van der Waals surface area (Å²) in [6, 6.07) is 0.373. The van der Waals surface area contributed by atoms with E-state index in [0.717, 1.165) is 19.4 Å². The van der Waals surface area contributed by atoms with Gasteiger partial charge in [0.1, 0.15) is 0 Å². The van der Waals surface area contributed by atoms with E-state index in [2.05, 4.69) is 17.1 Å². The van der Waals surface area contributed by atoms with Crippen LogP contribution in [0.1, 0.15) is 26.7 Å². The highest BCUT2D eigenvalue weighted by molar-refractivity contribution is 5.81. The minimum Gasteiger partial charge on any atom is -0.385 e. The van der Waals surface area contributed by atoms with Crippen LogP contribution in [0.4, 0.5) is 0 Å². The van der Waals surface area contributed by atoms with Crippen molar-refractivity contribution >= 4 is 5.91 Å². The Labute approximate surface area is 110 Å². The zero-order valence-electron chi connectivity index (χ0n) is 11.8. The largest absolute Gasteiger partial charge is 0.385 e. The molecule has 1 fully saturated rings. The summed E-state index contributed by atoms with van der Waals surface area (Å²) in [4.78, 5) is 14.3. The van der Waals surface area contributed by atoms with Crippen LogP contribution in [-0.4, -0.2) is 56.2 Å². The first-order chi connectivity index (χ1) is 8.60. The Balaban J connectivity index is 2.34. The van der Waals surface area contributed by atoms with E-state index < -0.39 is 0 Å². The third-order valence-electron chi connectivity index (χ3n) is 3.74. The van der Waals surface area contributed by atoms with E-state index in [0.29, 0.717) is 31.7 Å². The third-order valence-corrected chi connectivity index (χ3v) is 3.74. The topological polar surface area (TPSA) is 67.6 Å². The fraction of sp³-hybridized carbons (Fsp3) is 0.923. The summed E-state index contributed by atoms with van der Waals surface area (Å²) < 4.78 is 4.95. The molecule has 18 heavy (non-hydrogen) atoms. The molecule has 0 saturated carbocycles. The van der Waals surface area contributed by atoms with E-state index in [1.807, 2.05) is 6.92 Å². The SMILES string of the molecule is COCCCNC(=O)C(C)N1CC(CN)CC1C. The average molecular weight is 257 g/mol. The molecule has 106 valence electrons. The van der Waals surface area contributed by atoms with Gasteiger partial charge in [-0.3, -0.25) is 9.69 Å². The van der Waals surface area contributed by atoms with Crippen LogP contribution in [0.5, 0.6) is 0 Å². The number of hydrogen-bond donors (Lipinski definition) is 2. The van der Waals surface area contributed by atoms with Crippen LogP contribution >= 0.6 is 0 Å². The number of amides is 1. The van der Waals surface area contributed by atoms with Crippen LogP contribution < -0.4 is 11.1 Å². The average Bonchev–Trinajstić information content (AvgIpc) is 2.74. The smallest absolute Gasteiger partial charge is 0.237 e. The second kappa shape index (κ2) is 7.71. The van der Waals surface area contributed by atoms with E-state index >= 15 is 0 Å². The highest BCUT2D eigenvalue weighted by atomic mass is 16.5. The molecule has 1 rings (SSSR count). The lowest BCUT2D eigenvalue weighted by Crippen LogP contribution is -2.47. The Morgan fingerprint density at radius 2 is 2.33 bits per heavy atom. The Kier molecular flexibility index (Phi) is 6.60. The van der Waals surface area contributed by atoms with Crippen molar-refractivity contribution in [1.82, 2.24) is 10.2 Å². The zero-order valence-corrected chi connectivity index (χ0v) is 11.8. The summed E-state index contributed by atoms with van der Waals surface area (Å²) >= 11 is 0. The van der Waals surface area contributed by atoms with Gasteiger partial charge in [0.05, 0.1) is 6.04 Å². The molecule has 3 N–H and O–H groups in total. The van der Waals surface area contributed by atoms with Crippen LogP contribution in [0.3, 0.4) is 0 Å². The molecule has 0 radical (unpaired) electrons. The molecule has 0 aromatic rings. The van der Waals surface area contributed by atoms with E-state index in [-0.39, 0.29) is 11.9 Å². The molecule has 1 aliphatic rings. The fourth-order valence-electron chi connectivity index (χ4n) is 2.61. The van der Waals surface area contributed by atoms with Gasteiger partial charge < -0.3 is 15.8 Å². The molecule has 0 bridgehead atoms. The van der Waals surface area contributed by atoms with Gasteiger partial charge in [-0.25, -0.2) is 0 Å². The molecule has 5 heteroatoms. The summed E-state index contributed by atoms with van der Waals surface area (Å²) in [5, 5.41) is 2.96. The number of hydrogen-bond acceptors (Lipinski definition) is 4. The van der Waals surface area contributed by atoms with Gasteiger partial charge in [-0.2, -0.15) is 0 Å². The van der Waals surface area contributed by atoms with Crippen molar-refractivity contribution in [3.05, 3.63) is 0 Å². The van der Waals surface area contributed by atoms with Crippen molar-refractivity contribution in [2.45, 2.75) is 38.8 Å². The first kappa shape index (κ1) is 15.4. The van der Waals surface area contributed by atoms with Crippen LogP contribution in [0.25, 0.3) is 0 Å². The van der Waals surface area contributed by atoms with Gasteiger partial charge in [0.25, 0.3) is 0 Å². The molecule has 0 spiro atoms. The number of methoxy groups -OCH3 is 1. The molecule has 1 amide bonds. The lowest BCUT2D eigenvalue weighted by atomic mass is 10.1. The van der Waals surface area contributed by atoms with Gasteiger partial charge in [0.15, 0.2) is 0 Å². The van der Waals surface area contributed by atoms with E-state index in [9.17, 15) is 4.79 Å². The molecule has 1 aliphatic heterocycles. The molecule has 3 unspecified atom stereocenters. The quantitative estimate of drug-likeness (QED) is 0.639. The number of likely N-dealkylation sites (tertiary alicyclic amines) is 1. The highest BCUT2D eigenvalue weighted by Gasteiger charge is 2.33. The van der Waals surface area contributed by atoms with Crippen LogP contribution in [0, 0.1) is 5.92 Å². The lowest BCUT2D eigenvalue weighted by Gasteiger charge is -2.27. The van der Waals surface area contributed by atoms with Crippen molar-refractivity contribution in [3.63, 3.8) is 0 Å². The lowest BCUT2D eigenvalue weighted by molar-refractivity contribution is -0.126. The second-order valence-electron chi connectivity index (χ2n) is 5.20. The maximum atomic E-state index is 12.0. The first-order valence-corrected chi connectivity index (χ1v) is 6.82. The number of carbonyl (C=O) groups excluding carboxylic acids is 1. The van der Waals surface area contributed by atoms with Crippen LogP contribution in [0.15, 0.2) is 0 Å². The Morgan fingerprint density at radius 3 is 2.89 bits per heavy atom. The predicted molar refractivity (Wildman–Crippen MR) is 72.3 cm³/mol.